The summed E-state index contributed by atoms with van der Waals surface area (Å²) in [6.07, 6.45) is 3.91. The number of nitrogens with zero attached hydrogens (tertiary/aromatic N) is 1. The van der Waals surface area contributed by atoms with E-state index in [2.05, 4.69) is 37.9 Å². The van der Waals surface area contributed by atoms with Crippen LogP contribution >= 0.6 is 0 Å². The van der Waals surface area contributed by atoms with E-state index in [4.69, 9.17) is 0 Å². The Labute approximate surface area is 95.4 Å². The van der Waals surface area contributed by atoms with Gasteiger partial charge in [0.1, 0.15) is 0 Å². The van der Waals surface area contributed by atoms with Crippen LogP contribution in [0.4, 0.5) is 0 Å². The van der Waals surface area contributed by atoms with Crippen LogP contribution in [0.2, 0.25) is 0 Å². The lowest BCUT2D eigenvalue weighted by molar-refractivity contribution is 0.123. The predicted molar refractivity (Wildman–Crippen MR) is 67.2 cm³/mol. The summed E-state index contributed by atoms with van der Waals surface area (Å²) in [7, 11) is 0. The van der Waals surface area contributed by atoms with Gasteiger partial charge in [-0.1, -0.05) is 27.2 Å². The molecule has 0 aromatic rings. The summed E-state index contributed by atoms with van der Waals surface area (Å²) in [4.78, 5) is 2.64. The minimum Gasteiger partial charge on any atom is -0.309 e. The third-order valence-electron chi connectivity index (χ3n) is 3.68. The van der Waals surface area contributed by atoms with Gasteiger partial charge >= 0.3 is 0 Å². The molecule has 90 valence electrons. The fourth-order valence-electron chi connectivity index (χ4n) is 2.56. The maximum absolute atomic E-state index is 3.64. The largest absolute Gasteiger partial charge is 0.309 e. The number of hydrogen-bond acceptors (Lipinski definition) is 2. The Morgan fingerprint density at radius 2 is 2.13 bits per heavy atom. The first-order chi connectivity index (χ1) is 7.09. The number of nitrogens with one attached hydrogen (secondary N) is 1. The average molecular weight is 212 g/mol. The first kappa shape index (κ1) is 13.0. The van der Waals surface area contributed by atoms with Gasteiger partial charge in [-0.3, -0.25) is 4.90 Å². The molecule has 0 aromatic heterocycles. The van der Waals surface area contributed by atoms with Gasteiger partial charge in [0.25, 0.3) is 0 Å². The molecule has 1 heterocycles. The Kier molecular flexibility index (Phi) is 5.07. The summed E-state index contributed by atoms with van der Waals surface area (Å²) >= 11 is 0. The molecule has 1 rings (SSSR count). The molecule has 0 saturated carbocycles. The van der Waals surface area contributed by atoms with Gasteiger partial charge in [0.05, 0.1) is 0 Å². The Morgan fingerprint density at radius 1 is 1.40 bits per heavy atom. The van der Waals surface area contributed by atoms with E-state index in [0.29, 0.717) is 5.54 Å². The van der Waals surface area contributed by atoms with Gasteiger partial charge in [-0.2, -0.15) is 0 Å². The Bertz CT molecular complexity index is 181. The maximum Gasteiger partial charge on any atom is 0.0278 e. The van der Waals surface area contributed by atoms with Crippen molar-refractivity contribution >= 4 is 0 Å². The molecule has 1 aliphatic rings. The minimum atomic E-state index is 0.351. The first-order valence-corrected chi connectivity index (χ1v) is 6.57. The average Bonchev–Trinajstić information content (AvgIpc) is 2.18. The number of rotatable bonds is 5. The van der Waals surface area contributed by atoms with Crippen molar-refractivity contribution in [3.63, 3.8) is 0 Å². The normalized spacial score (nSPS) is 30.4. The molecular weight excluding hydrogens is 184 g/mol. The molecule has 0 aromatic carbocycles. The third kappa shape index (κ3) is 4.12. The van der Waals surface area contributed by atoms with Crippen LogP contribution in [-0.4, -0.2) is 36.6 Å². The zero-order valence-electron chi connectivity index (χ0n) is 11.0. The molecule has 2 atom stereocenters. The van der Waals surface area contributed by atoms with E-state index in [9.17, 15) is 0 Å². The van der Waals surface area contributed by atoms with Gasteiger partial charge in [0.2, 0.25) is 0 Å². The van der Waals surface area contributed by atoms with Crippen molar-refractivity contribution in [1.29, 1.82) is 0 Å². The second kappa shape index (κ2) is 5.86. The van der Waals surface area contributed by atoms with Crippen molar-refractivity contribution < 1.29 is 0 Å². The van der Waals surface area contributed by atoms with E-state index < -0.39 is 0 Å². The SMILES string of the molecule is CCCC(C)CN1CCNC(C)(CC)C1. The minimum absolute atomic E-state index is 0.351. The Balaban J connectivity index is 2.36. The predicted octanol–water partition coefficient (Wildman–Crippen LogP) is 2.50. The molecule has 2 nitrogen and oxygen atoms in total. The van der Waals surface area contributed by atoms with E-state index in [-0.39, 0.29) is 0 Å². The van der Waals surface area contributed by atoms with Crippen LogP contribution in [0.5, 0.6) is 0 Å². The molecular formula is C13H28N2. The Hall–Kier alpha value is -0.0800. The van der Waals surface area contributed by atoms with Gasteiger partial charge in [0.15, 0.2) is 0 Å². The van der Waals surface area contributed by atoms with E-state index in [0.717, 1.165) is 12.5 Å². The molecule has 0 radical (unpaired) electrons. The molecule has 2 unspecified atom stereocenters. The fraction of sp³-hybridized carbons (Fsp3) is 1.00. The highest BCUT2D eigenvalue weighted by Crippen LogP contribution is 2.17. The van der Waals surface area contributed by atoms with Crippen LogP contribution in [0.25, 0.3) is 0 Å². The van der Waals surface area contributed by atoms with Crippen LogP contribution < -0.4 is 5.32 Å². The van der Waals surface area contributed by atoms with Crippen LogP contribution in [0, 0.1) is 5.92 Å². The smallest absolute Gasteiger partial charge is 0.0278 e. The molecule has 0 aliphatic carbocycles. The number of hydrogen-bond donors (Lipinski definition) is 1. The summed E-state index contributed by atoms with van der Waals surface area (Å²) in [5.41, 5.74) is 0.351. The zero-order valence-corrected chi connectivity index (χ0v) is 11.0. The van der Waals surface area contributed by atoms with E-state index in [1.165, 1.54) is 38.9 Å². The fourth-order valence-corrected chi connectivity index (χ4v) is 2.56. The lowest BCUT2D eigenvalue weighted by Crippen LogP contribution is -2.58. The van der Waals surface area contributed by atoms with Crippen LogP contribution in [0.15, 0.2) is 0 Å². The van der Waals surface area contributed by atoms with Crippen LogP contribution in [-0.2, 0) is 0 Å². The van der Waals surface area contributed by atoms with Crippen molar-refractivity contribution in [2.24, 2.45) is 5.92 Å². The lowest BCUT2D eigenvalue weighted by Gasteiger charge is -2.42. The summed E-state index contributed by atoms with van der Waals surface area (Å²) < 4.78 is 0. The molecule has 1 aliphatic heterocycles. The zero-order chi connectivity index (χ0) is 11.3. The third-order valence-corrected chi connectivity index (χ3v) is 3.68. The van der Waals surface area contributed by atoms with Crippen molar-refractivity contribution in [1.82, 2.24) is 10.2 Å². The quantitative estimate of drug-likeness (QED) is 0.753. The molecule has 2 heteroatoms. The van der Waals surface area contributed by atoms with Crippen molar-refractivity contribution in [2.45, 2.75) is 52.5 Å². The van der Waals surface area contributed by atoms with E-state index >= 15 is 0 Å². The topological polar surface area (TPSA) is 15.3 Å². The van der Waals surface area contributed by atoms with Crippen molar-refractivity contribution in [3.8, 4) is 0 Å². The van der Waals surface area contributed by atoms with Crippen molar-refractivity contribution in [3.05, 3.63) is 0 Å². The molecule has 1 N–H and O–H groups in total. The van der Waals surface area contributed by atoms with Gasteiger partial charge < -0.3 is 5.32 Å². The van der Waals surface area contributed by atoms with Gasteiger partial charge in [-0.05, 0) is 25.7 Å². The van der Waals surface area contributed by atoms with E-state index in [1.54, 1.807) is 0 Å². The molecule has 1 saturated heterocycles. The van der Waals surface area contributed by atoms with Gasteiger partial charge in [-0.15, -0.1) is 0 Å². The Morgan fingerprint density at radius 3 is 2.73 bits per heavy atom. The lowest BCUT2D eigenvalue weighted by atomic mass is 9.95. The van der Waals surface area contributed by atoms with Crippen LogP contribution in [0.1, 0.15) is 47.0 Å². The maximum atomic E-state index is 3.64. The highest BCUT2D eigenvalue weighted by atomic mass is 15.2. The highest BCUT2D eigenvalue weighted by Gasteiger charge is 2.28. The summed E-state index contributed by atoms with van der Waals surface area (Å²) in [6, 6.07) is 0. The van der Waals surface area contributed by atoms with Gasteiger partial charge in [0, 0.05) is 31.7 Å². The molecule has 1 fully saturated rings. The summed E-state index contributed by atoms with van der Waals surface area (Å²) in [5, 5.41) is 3.64. The number of piperazine rings is 1. The van der Waals surface area contributed by atoms with Crippen LogP contribution in [0.3, 0.4) is 0 Å². The summed E-state index contributed by atoms with van der Waals surface area (Å²) in [6.45, 7) is 14.2. The molecule has 0 amide bonds. The van der Waals surface area contributed by atoms with E-state index in [1.807, 2.05) is 0 Å². The van der Waals surface area contributed by atoms with Gasteiger partial charge in [-0.25, -0.2) is 0 Å². The standard InChI is InChI=1S/C13H28N2/c1-5-7-12(3)10-15-9-8-14-13(4,6-2)11-15/h12,14H,5-11H2,1-4H3. The van der Waals surface area contributed by atoms with Crippen molar-refractivity contribution in [2.75, 3.05) is 26.2 Å². The highest BCUT2D eigenvalue weighted by molar-refractivity contribution is 4.89. The molecule has 15 heavy (non-hydrogen) atoms. The summed E-state index contributed by atoms with van der Waals surface area (Å²) in [5.74, 6) is 0.856. The first-order valence-electron chi connectivity index (χ1n) is 6.57. The molecule has 0 spiro atoms. The monoisotopic (exact) mass is 212 g/mol. The second-order valence-electron chi connectivity index (χ2n) is 5.47. The second-order valence-corrected chi connectivity index (χ2v) is 5.47. The molecule has 0 bridgehead atoms.